The minimum Gasteiger partial charge on any atom is -0.388 e. The predicted molar refractivity (Wildman–Crippen MR) is 95.2 cm³/mol. The van der Waals surface area contributed by atoms with Crippen LogP contribution >= 0.6 is 0 Å². The number of aliphatic hydroxyl groups is 1. The summed E-state index contributed by atoms with van der Waals surface area (Å²) < 4.78 is 0. The molecule has 1 aromatic heterocycles. The summed E-state index contributed by atoms with van der Waals surface area (Å²) in [7, 11) is 0. The fourth-order valence-corrected chi connectivity index (χ4v) is 4.35. The van der Waals surface area contributed by atoms with Gasteiger partial charge in [-0.25, -0.2) is 0 Å². The molecular formula is C20H26N2O2. The first kappa shape index (κ1) is 15.7. The molecule has 1 aromatic carbocycles. The Hall–Kier alpha value is -1.81. The third-order valence-corrected chi connectivity index (χ3v) is 5.83. The van der Waals surface area contributed by atoms with Crippen LogP contribution in [0.15, 0.2) is 18.2 Å². The van der Waals surface area contributed by atoms with Crippen LogP contribution < -0.4 is 5.32 Å². The van der Waals surface area contributed by atoms with Gasteiger partial charge in [-0.3, -0.25) is 4.79 Å². The summed E-state index contributed by atoms with van der Waals surface area (Å²) in [6.45, 7) is 2.64. The number of hydrogen-bond acceptors (Lipinski definition) is 2. The summed E-state index contributed by atoms with van der Waals surface area (Å²) in [6.07, 6.45) is 7.01. The van der Waals surface area contributed by atoms with Crippen LogP contribution in [0.1, 0.15) is 60.6 Å². The van der Waals surface area contributed by atoms with E-state index in [1.54, 1.807) is 0 Å². The van der Waals surface area contributed by atoms with Crippen LogP contribution in [-0.4, -0.2) is 28.1 Å². The molecule has 0 aliphatic heterocycles. The van der Waals surface area contributed by atoms with Crippen LogP contribution in [-0.2, 0) is 12.8 Å². The maximum absolute atomic E-state index is 12.7. The zero-order valence-electron chi connectivity index (χ0n) is 14.3. The zero-order chi connectivity index (χ0) is 16.7. The highest BCUT2D eigenvalue weighted by atomic mass is 16.3. The van der Waals surface area contributed by atoms with Gasteiger partial charge in [0.05, 0.1) is 16.7 Å². The van der Waals surface area contributed by atoms with Gasteiger partial charge in [0.1, 0.15) is 0 Å². The molecule has 4 rings (SSSR count). The lowest BCUT2D eigenvalue weighted by Crippen LogP contribution is -2.40. The zero-order valence-corrected chi connectivity index (χ0v) is 14.3. The van der Waals surface area contributed by atoms with Gasteiger partial charge in [0.15, 0.2) is 0 Å². The molecule has 1 fully saturated rings. The van der Waals surface area contributed by atoms with Crippen molar-refractivity contribution in [2.75, 3.05) is 6.54 Å². The molecule has 2 aliphatic rings. The Balaban J connectivity index is 1.61. The molecule has 2 aliphatic carbocycles. The lowest BCUT2D eigenvalue weighted by atomic mass is 9.87. The van der Waals surface area contributed by atoms with Crippen molar-refractivity contribution >= 4 is 16.8 Å². The monoisotopic (exact) mass is 326 g/mol. The Morgan fingerprint density at radius 3 is 2.96 bits per heavy atom. The van der Waals surface area contributed by atoms with E-state index in [0.29, 0.717) is 18.0 Å². The molecule has 0 bridgehead atoms. The van der Waals surface area contributed by atoms with Crippen molar-refractivity contribution in [2.45, 2.75) is 57.5 Å². The number of H-pyrrole nitrogens is 1. The molecule has 1 heterocycles. The number of para-hydroxylation sites is 1. The number of aromatic amines is 1. The number of benzene rings is 1. The number of aryl methyl sites for hydroxylation is 1. The van der Waals surface area contributed by atoms with E-state index in [2.05, 4.69) is 23.3 Å². The van der Waals surface area contributed by atoms with Crippen molar-refractivity contribution in [1.82, 2.24) is 10.3 Å². The van der Waals surface area contributed by atoms with Crippen molar-refractivity contribution < 1.29 is 9.90 Å². The van der Waals surface area contributed by atoms with Crippen LogP contribution in [0.2, 0.25) is 0 Å². The van der Waals surface area contributed by atoms with Gasteiger partial charge in [0.2, 0.25) is 0 Å². The average molecular weight is 326 g/mol. The summed E-state index contributed by atoms with van der Waals surface area (Å²) in [5, 5.41) is 14.6. The maximum atomic E-state index is 12.7. The van der Waals surface area contributed by atoms with Crippen molar-refractivity contribution in [3.8, 4) is 0 Å². The molecule has 1 amide bonds. The van der Waals surface area contributed by atoms with E-state index in [0.717, 1.165) is 44.0 Å². The van der Waals surface area contributed by atoms with E-state index in [9.17, 15) is 9.90 Å². The molecule has 0 radical (unpaired) electrons. The number of carbonyl (C=O) groups is 1. The molecule has 0 spiro atoms. The van der Waals surface area contributed by atoms with E-state index in [1.165, 1.54) is 23.1 Å². The van der Waals surface area contributed by atoms with Gasteiger partial charge in [-0.15, -0.1) is 0 Å². The second-order valence-electron chi connectivity index (χ2n) is 7.77. The molecular weight excluding hydrogens is 300 g/mol. The van der Waals surface area contributed by atoms with E-state index < -0.39 is 5.60 Å². The van der Waals surface area contributed by atoms with Crippen LogP contribution in [0.5, 0.6) is 0 Å². The molecule has 1 unspecified atom stereocenters. The first-order valence-corrected chi connectivity index (χ1v) is 9.19. The second-order valence-corrected chi connectivity index (χ2v) is 7.77. The molecule has 1 atom stereocenters. The molecule has 4 nitrogen and oxygen atoms in total. The standard InChI is InChI=1S/C20H26N2O2/c1-13-7-8-17-16(11-13)14-5-4-6-15(18(14)22-17)19(23)21-12-20(24)9-2-3-10-20/h4-6,13,22,24H,2-3,7-12H2,1H3,(H,21,23). The van der Waals surface area contributed by atoms with Crippen LogP contribution in [0.25, 0.3) is 10.9 Å². The normalized spacial score (nSPS) is 22.5. The number of nitrogens with one attached hydrogen (secondary N) is 2. The summed E-state index contributed by atoms with van der Waals surface area (Å²) in [4.78, 5) is 16.2. The van der Waals surface area contributed by atoms with E-state index >= 15 is 0 Å². The summed E-state index contributed by atoms with van der Waals surface area (Å²) in [5.74, 6) is 0.609. The SMILES string of the molecule is CC1CCc2[nH]c3c(C(=O)NCC4(O)CCCC4)cccc3c2C1. The Kier molecular flexibility index (Phi) is 3.87. The van der Waals surface area contributed by atoms with Crippen molar-refractivity contribution in [1.29, 1.82) is 0 Å². The first-order valence-electron chi connectivity index (χ1n) is 9.19. The van der Waals surface area contributed by atoms with E-state index in [1.807, 2.05) is 12.1 Å². The second kappa shape index (κ2) is 5.92. The molecule has 1 saturated carbocycles. The largest absolute Gasteiger partial charge is 0.388 e. The van der Waals surface area contributed by atoms with Crippen molar-refractivity contribution in [2.24, 2.45) is 5.92 Å². The van der Waals surface area contributed by atoms with Gasteiger partial charge < -0.3 is 15.4 Å². The third-order valence-electron chi connectivity index (χ3n) is 5.83. The molecule has 24 heavy (non-hydrogen) atoms. The Labute approximate surface area is 142 Å². The van der Waals surface area contributed by atoms with Gasteiger partial charge in [0, 0.05) is 17.6 Å². The minimum absolute atomic E-state index is 0.0902. The van der Waals surface area contributed by atoms with Crippen molar-refractivity contribution in [3.63, 3.8) is 0 Å². The lowest BCUT2D eigenvalue weighted by molar-refractivity contribution is 0.0450. The van der Waals surface area contributed by atoms with E-state index in [4.69, 9.17) is 0 Å². The van der Waals surface area contributed by atoms with Gasteiger partial charge in [0.25, 0.3) is 5.91 Å². The van der Waals surface area contributed by atoms with Gasteiger partial charge in [-0.1, -0.05) is 31.9 Å². The minimum atomic E-state index is -0.714. The Morgan fingerprint density at radius 1 is 1.38 bits per heavy atom. The van der Waals surface area contributed by atoms with Gasteiger partial charge in [-0.2, -0.15) is 0 Å². The molecule has 2 aromatic rings. The molecule has 128 valence electrons. The highest BCUT2D eigenvalue weighted by molar-refractivity contribution is 6.06. The molecule has 4 heteroatoms. The number of aromatic nitrogens is 1. The van der Waals surface area contributed by atoms with Crippen LogP contribution in [0, 0.1) is 5.92 Å². The van der Waals surface area contributed by atoms with Gasteiger partial charge in [-0.05, 0) is 49.7 Å². The average Bonchev–Trinajstić information content (AvgIpc) is 3.16. The number of rotatable bonds is 3. The summed E-state index contributed by atoms with van der Waals surface area (Å²) in [5.41, 5.74) is 3.60. The fraction of sp³-hybridized carbons (Fsp3) is 0.550. The summed E-state index contributed by atoms with van der Waals surface area (Å²) >= 11 is 0. The number of carbonyl (C=O) groups excluding carboxylic acids is 1. The molecule has 3 N–H and O–H groups in total. The Bertz CT molecular complexity index is 771. The van der Waals surface area contributed by atoms with Crippen LogP contribution in [0.4, 0.5) is 0 Å². The highest BCUT2D eigenvalue weighted by Gasteiger charge is 2.31. The quantitative estimate of drug-likeness (QED) is 0.810. The third kappa shape index (κ3) is 2.73. The van der Waals surface area contributed by atoms with Gasteiger partial charge >= 0.3 is 0 Å². The smallest absolute Gasteiger partial charge is 0.253 e. The maximum Gasteiger partial charge on any atom is 0.253 e. The van der Waals surface area contributed by atoms with Crippen LogP contribution in [0.3, 0.4) is 0 Å². The fourth-order valence-electron chi connectivity index (χ4n) is 4.35. The molecule has 0 saturated heterocycles. The lowest BCUT2D eigenvalue weighted by Gasteiger charge is -2.22. The number of hydrogen-bond donors (Lipinski definition) is 3. The predicted octanol–water partition coefficient (Wildman–Crippen LogP) is 3.33. The van der Waals surface area contributed by atoms with Crippen molar-refractivity contribution in [3.05, 3.63) is 35.0 Å². The number of amides is 1. The first-order chi connectivity index (χ1) is 11.6. The van der Waals surface area contributed by atoms with E-state index in [-0.39, 0.29) is 5.91 Å². The number of fused-ring (bicyclic) bond motifs is 3. The topological polar surface area (TPSA) is 65.1 Å². The Morgan fingerprint density at radius 2 is 2.17 bits per heavy atom. The summed E-state index contributed by atoms with van der Waals surface area (Å²) in [6, 6.07) is 5.96. The highest BCUT2D eigenvalue weighted by Crippen LogP contribution is 2.33.